The molecule has 2 unspecified atom stereocenters. The van der Waals surface area contributed by atoms with Crippen molar-refractivity contribution < 1.29 is 43.2 Å². The van der Waals surface area contributed by atoms with Crippen molar-refractivity contribution in [2.75, 3.05) is 0 Å². The van der Waals surface area contributed by atoms with Gasteiger partial charge >= 0.3 is 213 Å². The van der Waals surface area contributed by atoms with Gasteiger partial charge < -0.3 is 24.8 Å². The van der Waals surface area contributed by atoms with Gasteiger partial charge in [-0.1, -0.05) is 0 Å². The molecule has 4 aromatic carbocycles. The van der Waals surface area contributed by atoms with Crippen LogP contribution in [0.4, 0.5) is 0 Å². The zero-order chi connectivity index (χ0) is 23.1. The van der Waals surface area contributed by atoms with Gasteiger partial charge in [-0.3, -0.25) is 0 Å². The second kappa shape index (κ2) is 11.8. The second-order valence-electron chi connectivity index (χ2n) is 9.46. The first-order chi connectivity index (χ1) is 16.7. The van der Waals surface area contributed by atoms with Gasteiger partial charge in [0, 0.05) is 0 Å². The van der Waals surface area contributed by atoms with Crippen LogP contribution in [-0.2, 0) is 18.3 Å². The summed E-state index contributed by atoms with van der Waals surface area (Å²) < 4.78 is 4.61. The van der Waals surface area contributed by atoms with Crippen molar-refractivity contribution in [2.24, 2.45) is 0 Å². The van der Waals surface area contributed by atoms with Gasteiger partial charge in [0.25, 0.3) is 0 Å². The Morgan fingerprint density at radius 3 is 1.28 bits per heavy atom. The maximum Gasteiger partial charge on any atom is -1.00 e. The average Bonchev–Trinajstić information content (AvgIpc) is 3.39. The standard InChI is InChI=1S/C12H10Ge.2C10H9.2ClH.Hf/c1-3-7-11(8-4-1)13-12-9-5-2-6-10-12;2*1-8-6-9-4-2-3-5-10(9)7-8;;;/h1-10H;2*2-7H,1H3;2*1H;/q;;;;;+2/p-2. The van der Waals surface area contributed by atoms with Crippen LogP contribution in [0.25, 0.3) is 12.2 Å². The molecule has 0 spiro atoms. The van der Waals surface area contributed by atoms with E-state index in [1.165, 1.54) is 11.1 Å². The van der Waals surface area contributed by atoms with Gasteiger partial charge in [0.05, 0.1) is 0 Å². The molecule has 0 saturated heterocycles. The smallest absolute Gasteiger partial charge is 1.00 e. The molecule has 36 heavy (non-hydrogen) atoms. The van der Waals surface area contributed by atoms with E-state index in [1.54, 1.807) is 31.1 Å². The molecule has 178 valence electrons. The van der Waals surface area contributed by atoms with Gasteiger partial charge in [-0.25, -0.2) is 0 Å². The van der Waals surface area contributed by atoms with E-state index in [0.29, 0.717) is 7.35 Å². The summed E-state index contributed by atoms with van der Waals surface area (Å²) in [5.41, 5.74) is 9.35. The topological polar surface area (TPSA) is 0 Å². The summed E-state index contributed by atoms with van der Waals surface area (Å²) in [5.74, 6) is 0. The van der Waals surface area contributed by atoms with Crippen LogP contribution in [0, 0.1) is 0 Å². The van der Waals surface area contributed by atoms with Crippen LogP contribution in [0.3, 0.4) is 0 Å². The molecule has 0 bridgehead atoms. The summed E-state index contributed by atoms with van der Waals surface area (Å²) in [6.07, 6.45) is 4.99. The fourth-order valence-electron chi connectivity index (χ4n) is 5.95. The van der Waals surface area contributed by atoms with Crippen LogP contribution in [0.1, 0.15) is 43.5 Å². The summed E-state index contributed by atoms with van der Waals surface area (Å²) in [6, 6.07) is 41.7. The van der Waals surface area contributed by atoms with Crippen molar-refractivity contribution in [1.29, 1.82) is 0 Å². The largest absolute Gasteiger partial charge is 1.00 e. The van der Waals surface area contributed by atoms with Gasteiger partial charge in [-0.05, 0) is 0 Å². The van der Waals surface area contributed by atoms with E-state index in [1.807, 2.05) is 0 Å². The van der Waals surface area contributed by atoms with E-state index < -0.39 is 28.4 Å². The minimum Gasteiger partial charge on any atom is -1.00 e. The molecule has 0 saturated carbocycles. The van der Waals surface area contributed by atoms with Crippen LogP contribution in [0.2, 0.25) is 0 Å². The molecule has 0 aromatic heterocycles. The normalized spacial score (nSPS) is 16.8. The summed E-state index contributed by atoms with van der Waals surface area (Å²) in [6.45, 7) is 4.84. The first kappa shape index (κ1) is 27.4. The van der Waals surface area contributed by atoms with Crippen molar-refractivity contribution in [1.82, 2.24) is 0 Å². The third kappa shape index (κ3) is 4.93. The van der Waals surface area contributed by atoms with Crippen LogP contribution in [-0.4, -0.2) is 10.1 Å². The predicted octanol–water partition coefficient (Wildman–Crippen LogP) is 0.735. The van der Waals surface area contributed by atoms with Crippen LogP contribution >= 0.6 is 0 Å². The first-order valence-electron chi connectivity index (χ1n) is 12.1. The zero-order valence-electron chi connectivity index (χ0n) is 20.5. The van der Waals surface area contributed by atoms with Crippen molar-refractivity contribution in [3.63, 3.8) is 0 Å². The number of hydrogen-bond acceptors (Lipinski definition) is 0. The molecule has 2 atom stereocenters. The number of halogens is 2. The maximum absolute atomic E-state index is 2.53. The molecule has 0 nitrogen and oxygen atoms in total. The predicted molar refractivity (Wildman–Crippen MR) is 144 cm³/mol. The van der Waals surface area contributed by atoms with Gasteiger partial charge in [0.1, 0.15) is 0 Å². The molecule has 2 aliphatic carbocycles. The summed E-state index contributed by atoms with van der Waals surface area (Å²) in [5, 5.41) is 0. The van der Waals surface area contributed by atoms with E-state index in [9.17, 15) is 0 Å². The van der Waals surface area contributed by atoms with Gasteiger partial charge in [0.2, 0.25) is 0 Å². The minimum absolute atomic E-state index is 0. The van der Waals surface area contributed by atoms with E-state index in [-0.39, 0.29) is 24.8 Å². The molecule has 0 radical (unpaired) electrons. The van der Waals surface area contributed by atoms with Crippen LogP contribution < -0.4 is 33.6 Å². The number of rotatable bonds is 4. The van der Waals surface area contributed by atoms with Gasteiger partial charge in [-0.15, -0.1) is 0 Å². The molecular weight excluding hydrogens is 706 g/mol. The average molecular weight is 735 g/mol. The molecule has 4 heteroatoms. The first-order valence-corrected chi connectivity index (χ1v) is 28.7. The Hall–Kier alpha value is -1.65. The minimum atomic E-state index is -2.53. The molecule has 6 rings (SSSR count). The fraction of sp³-hybridized carbons (Fsp3) is 0.125. The van der Waals surface area contributed by atoms with Gasteiger partial charge in [0.15, 0.2) is 0 Å². The van der Waals surface area contributed by atoms with Crippen LogP contribution in [0.5, 0.6) is 0 Å². The number of hydrogen-bond donors (Lipinski definition) is 0. The Morgan fingerprint density at radius 2 is 0.861 bits per heavy atom. The van der Waals surface area contributed by atoms with E-state index >= 15 is 0 Å². The number of benzene rings is 4. The molecule has 0 heterocycles. The number of fused-ring (bicyclic) bond motifs is 2. The molecule has 0 aliphatic heterocycles. The van der Waals surface area contributed by atoms with Crippen molar-refractivity contribution in [3.05, 3.63) is 143 Å². The van der Waals surface area contributed by atoms with E-state index in [2.05, 4.69) is 135 Å². The third-order valence-corrected chi connectivity index (χ3v) is 53.8. The summed E-state index contributed by atoms with van der Waals surface area (Å²) >= 11 is -2.53. The Balaban J connectivity index is 0.00000152. The Morgan fingerprint density at radius 1 is 0.500 bits per heavy atom. The second-order valence-corrected chi connectivity index (χ2v) is 40.1. The third-order valence-electron chi connectivity index (χ3n) is 7.33. The molecule has 0 fully saturated rings. The molecule has 4 aromatic rings. The monoisotopic (exact) mass is 736 g/mol. The molecular formula is C32H28Cl2GeHf. The SMILES string of the molecule is CC1=Cc2ccccc2[CH]1[Hf+2]([CH]1C(C)=Cc2ccccc21)=[Ge]([c]1ccccc1)[c]1ccccc1.[Cl-].[Cl-]. The zero-order valence-corrected chi connectivity index (χ0v) is 27.7. The van der Waals surface area contributed by atoms with E-state index in [4.69, 9.17) is 0 Å². The van der Waals surface area contributed by atoms with Crippen molar-refractivity contribution in [2.45, 2.75) is 21.2 Å². The van der Waals surface area contributed by atoms with Crippen LogP contribution in [0.15, 0.2) is 120 Å². The summed E-state index contributed by atoms with van der Waals surface area (Å²) in [4.78, 5) is 0. The Labute approximate surface area is 236 Å². The van der Waals surface area contributed by atoms with Crippen molar-refractivity contribution >= 4 is 31.0 Å². The summed E-state index contributed by atoms with van der Waals surface area (Å²) in [7, 11) is -1.82. The van der Waals surface area contributed by atoms with Gasteiger partial charge in [-0.2, -0.15) is 0 Å². The van der Waals surface area contributed by atoms with E-state index in [0.717, 1.165) is 0 Å². The quantitative estimate of drug-likeness (QED) is 0.272. The Bertz CT molecular complexity index is 1360. The fourth-order valence-corrected chi connectivity index (χ4v) is 63.7. The molecule has 2 aliphatic rings. The number of allylic oxidation sites excluding steroid dienone is 2. The molecule has 0 N–H and O–H groups in total. The maximum atomic E-state index is 2.50. The van der Waals surface area contributed by atoms with Crippen molar-refractivity contribution in [3.8, 4) is 0 Å². The Kier molecular flexibility index (Phi) is 8.99. The molecule has 0 amide bonds.